The molecule has 0 spiro atoms. The summed E-state index contributed by atoms with van der Waals surface area (Å²) in [5, 5.41) is 9.34. The van der Waals surface area contributed by atoms with E-state index in [1.165, 1.54) is 12.0 Å². The molecule has 0 aliphatic carbocycles. The number of carboxylic acid groups (broad SMARTS) is 1. The van der Waals surface area contributed by atoms with Crippen molar-refractivity contribution in [2.24, 2.45) is 0 Å². The molecule has 1 atom stereocenters. The van der Waals surface area contributed by atoms with Gasteiger partial charge >= 0.3 is 5.97 Å². The minimum absolute atomic E-state index is 0.142. The first-order valence-corrected chi connectivity index (χ1v) is 6.84. The van der Waals surface area contributed by atoms with Crippen molar-refractivity contribution in [1.82, 2.24) is 4.90 Å². The molecule has 114 valence electrons. The molecule has 7 heteroatoms. The summed E-state index contributed by atoms with van der Waals surface area (Å²) in [7, 11) is 1.47. The Bertz CT molecular complexity index is 548. The molecule has 1 N–H and O–H groups in total. The summed E-state index contributed by atoms with van der Waals surface area (Å²) in [4.78, 5) is 25.0. The van der Waals surface area contributed by atoms with Crippen LogP contribution in [0.3, 0.4) is 0 Å². The Hall–Kier alpha value is -1.79. The fourth-order valence-corrected chi connectivity index (χ4v) is 2.45. The zero-order chi connectivity index (χ0) is 15.4. The van der Waals surface area contributed by atoms with Gasteiger partial charge in [-0.15, -0.1) is 0 Å². The molecule has 1 aliphatic rings. The highest BCUT2D eigenvalue weighted by molar-refractivity contribution is 6.32. The van der Waals surface area contributed by atoms with E-state index in [1.54, 1.807) is 18.2 Å². The number of morpholine rings is 1. The van der Waals surface area contributed by atoms with Crippen LogP contribution in [0.15, 0.2) is 18.2 Å². The van der Waals surface area contributed by atoms with Crippen LogP contribution >= 0.6 is 11.6 Å². The minimum Gasteiger partial charge on any atom is -0.495 e. The third-order valence-electron chi connectivity index (χ3n) is 3.30. The molecule has 6 nitrogen and oxygen atoms in total. The Balaban J connectivity index is 2.22. The van der Waals surface area contributed by atoms with Crippen molar-refractivity contribution in [3.63, 3.8) is 0 Å². The average molecular weight is 314 g/mol. The van der Waals surface area contributed by atoms with Gasteiger partial charge in [0.15, 0.2) is 0 Å². The molecule has 1 aromatic carbocycles. The number of benzene rings is 1. The van der Waals surface area contributed by atoms with Gasteiger partial charge in [0.05, 0.1) is 37.8 Å². The molecular weight excluding hydrogens is 298 g/mol. The van der Waals surface area contributed by atoms with Crippen LogP contribution in [-0.4, -0.2) is 54.8 Å². The van der Waals surface area contributed by atoms with E-state index in [9.17, 15) is 9.59 Å². The number of amides is 1. The predicted molar refractivity (Wildman–Crippen MR) is 75.9 cm³/mol. The average Bonchev–Trinajstić information content (AvgIpc) is 2.47. The lowest BCUT2D eigenvalue weighted by Gasteiger charge is -2.35. The number of ether oxygens (including phenoxy) is 2. The number of hydrogen-bond acceptors (Lipinski definition) is 4. The normalized spacial score (nSPS) is 18.4. The highest BCUT2D eigenvalue weighted by Gasteiger charge is 2.30. The molecule has 21 heavy (non-hydrogen) atoms. The van der Waals surface area contributed by atoms with Crippen LogP contribution in [0.5, 0.6) is 5.75 Å². The molecule has 2 rings (SSSR count). The number of carboxylic acids is 1. The monoisotopic (exact) mass is 313 g/mol. The first-order valence-electron chi connectivity index (χ1n) is 6.47. The molecule has 0 radical (unpaired) electrons. The summed E-state index contributed by atoms with van der Waals surface area (Å²) in [5.74, 6) is -0.804. The highest BCUT2D eigenvalue weighted by Crippen LogP contribution is 2.26. The highest BCUT2D eigenvalue weighted by atomic mass is 35.5. The Kier molecular flexibility index (Phi) is 5.03. The molecule has 0 aromatic heterocycles. The molecule has 1 aromatic rings. The minimum atomic E-state index is -0.961. The third kappa shape index (κ3) is 3.65. The van der Waals surface area contributed by atoms with Crippen LogP contribution in [-0.2, 0) is 9.53 Å². The van der Waals surface area contributed by atoms with Crippen molar-refractivity contribution < 1.29 is 24.2 Å². The van der Waals surface area contributed by atoms with Gasteiger partial charge in [-0.1, -0.05) is 11.6 Å². The molecule has 1 amide bonds. The summed E-state index contributed by atoms with van der Waals surface area (Å²) in [6.45, 7) is 0.983. The van der Waals surface area contributed by atoms with E-state index in [2.05, 4.69) is 0 Å². The van der Waals surface area contributed by atoms with Gasteiger partial charge in [-0.05, 0) is 18.2 Å². The summed E-state index contributed by atoms with van der Waals surface area (Å²) < 4.78 is 10.4. The quantitative estimate of drug-likeness (QED) is 0.915. The van der Waals surface area contributed by atoms with Gasteiger partial charge in [0.2, 0.25) is 0 Å². The maximum Gasteiger partial charge on any atom is 0.305 e. The maximum absolute atomic E-state index is 12.5. The van der Waals surface area contributed by atoms with Crippen molar-refractivity contribution in [1.29, 1.82) is 0 Å². The van der Waals surface area contributed by atoms with Gasteiger partial charge in [-0.3, -0.25) is 9.59 Å². The summed E-state index contributed by atoms with van der Waals surface area (Å²) in [6, 6.07) is 4.27. The smallest absolute Gasteiger partial charge is 0.305 e. The number of rotatable bonds is 4. The Labute approximate surface area is 127 Å². The van der Waals surface area contributed by atoms with Crippen molar-refractivity contribution in [2.75, 3.05) is 26.9 Å². The Morgan fingerprint density at radius 1 is 1.52 bits per heavy atom. The van der Waals surface area contributed by atoms with Crippen LogP contribution in [0.1, 0.15) is 16.8 Å². The fourth-order valence-electron chi connectivity index (χ4n) is 2.25. The van der Waals surface area contributed by atoms with E-state index < -0.39 is 12.0 Å². The van der Waals surface area contributed by atoms with Crippen LogP contribution in [0.2, 0.25) is 5.02 Å². The lowest BCUT2D eigenvalue weighted by atomic mass is 10.1. The van der Waals surface area contributed by atoms with Crippen LogP contribution in [0.25, 0.3) is 0 Å². The van der Waals surface area contributed by atoms with Gasteiger partial charge in [-0.2, -0.15) is 0 Å². The largest absolute Gasteiger partial charge is 0.495 e. The second-order valence-electron chi connectivity index (χ2n) is 4.67. The number of carbonyl (C=O) groups is 2. The van der Waals surface area contributed by atoms with Gasteiger partial charge in [0, 0.05) is 12.1 Å². The van der Waals surface area contributed by atoms with E-state index in [4.69, 9.17) is 26.2 Å². The van der Waals surface area contributed by atoms with Crippen molar-refractivity contribution in [2.45, 2.75) is 12.5 Å². The fraction of sp³-hybridized carbons (Fsp3) is 0.429. The topological polar surface area (TPSA) is 76.1 Å². The SMILES string of the molecule is COc1cc(C(=O)N2CCOC[C@H]2CC(=O)O)ccc1Cl. The molecule has 0 saturated carbocycles. The van der Waals surface area contributed by atoms with Crippen LogP contribution in [0.4, 0.5) is 0 Å². The van der Waals surface area contributed by atoms with Crippen LogP contribution < -0.4 is 4.74 Å². The van der Waals surface area contributed by atoms with Crippen molar-refractivity contribution in [3.05, 3.63) is 28.8 Å². The molecule has 1 heterocycles. The third-order valence-corrected chi connectivity index (χ3v) is 3.61. The second kappa shape index (κ2) is 6.78. The standard InChI is InChI=1S/C14H16ClNO5/c1-20-12-6-9(2-3-11(12)15)14(19)16-4-5-21-8-10(16)7-13(17)18/h2-3,6,10H,4-5,7-8H2,1H3,(H,17,18)/t10-/m1/s1. The molecule has 1 saturated heterocycles. The number of methoxy groups -OCH3 is 1. The van der Waals surface area contributed by atoms with E-state index in [0.29, 0.717) is 29.5 Å². The molecule has 0 unspecified atom stereocenters. The number of hydrogen-bond donors (Lipinski definition) is 1. The zero-order valence-corrected chi connectivity index (χ0v) is 12.3. The molecule has 1 fully saturated rings. The molecule has 1 aliphatic heterocycles. The molecule has 0 bridgehead atoms. The lowest BCUT2D eigenvalue weighted by molar-refractivity contribution is -0.139. The number of nitrogens with zero attached hydrogens (tertiary/aromatic N) is 1. The first-order chi connectivity index (χ1) is 10.0. The van der Waals surface area contributed by atoms with Crippen LogP contribution in [0, 0.1) is 0 Å². The molecular formula is C14H16ClNO5. The van der Waals surface area contributed by atoms with Crippen molar-refractivity contribution >= 4 is 23.5 Å². The lowest BCUT2D eigenvalue weighted by Crippen LogP contribution is -2.49. The zero-order valence-electron chi connectivity index (χ0n) is 11.5. The first kappa shape index (κ1) is 15.6. The number of aliphatic carboxylic acids is 1. The van der Waals surface area contributed by atoms with Gasteiger partial charge in [0.1, 0.15) is 5.75 Å². The van der Waals surface area contributed by atoms with E-state index in [-0.39, 0.29) is 18.9 Å². The van der Waals surface area contributed by atoms with E-state index in [0.717, 1.165) is 0 Å². The predicted octanol–water partition coefficient (Wildman–Crippen LogP) is 1.66. The summed E-state index contributed by atoms with van der Waals surface area (Å²) in [6.07, 6.45) is -0.142. The maximum atomic E-state index is 12.5. The van der Waals surface area contributed by atoms with Gasteiger partial charge in [-0.25, -0.2) is 0 Å². The van der Waals surface area contributed by atoms with Gasteiger partial charge < -0.3 is 19.5 Å². The van der Waals surface area contributed by atoms with Gasteiger partial charge in [0.25, 0.3) is 5.91 Å². The van der Waals surface area contributed by atoms with E-state index >= 15 is 0 Å². The van der Waals surface area contributed by atoms with Crippen molar-refractivity contribution in [3.8, 4) is 5.75 Å². The number of carbonyl (C=O) groups excluding carboxylic acids is 1. The summed E-state index contributed by atoms with van der Waals surface area (Å²) in [5.41, 5.74) is 0.411. The number of halogens is 1. The second-order valence-corrected chi connectivity index (χ2v) is 5.08. The summed E-state index contributed by atoms with van der Waals surface area (Å²) >= 11 is 5.94. The van der Waals surface area contributed by atoms with E-state index in [1.807, 2.05) is 0 Å². The Morgan fingerprint density at radius 3 is 2.95 bits per heavy atom. The Morgan fingerprint density at radius 2 is 2.29 bits per heavy atom.